The lowest BCUT2D eigenvalue weighted by Gasteiger charge is -2.12. The maximum Gasteiger partial charge on any atom is 0.422 e. The fourth-order valence-corrected chi connectivity index (χ4v) is 2.01. The second kappa shape index (κ2) is 8.42. The van der Waals surface area contributed by atoms with Gasteiger partial charge in [-0.1, -0.05) is 13.8 Å². The summed E-state index contributed by atoms with van der Waals surface area (Å²) in [4.78, 5) is 7.78. The Balaban J connectivity index is 0.00000136. The lowest BCUT2D eigenvalue weighted by molar-refractivity contribution is -0.237. The lowest BCUT2D eigenvalue weighted by Crippen LogP contribution is -2.19. The lowest BCUT2D eigenvalue weighted by atomic mass is 10.2. The van der Waals surface area contributed by atoms with E-state index in [2.05, 4.69) is 29.6 Å². The van der Waals surface area contributed by atoms with E-state index in [1.165, 1.54) is 30.7 Å². The van der Waals surface area contributed by atoms with Crippen LogP contribution in [0, 0.1) is 0 Å². The number of rotatable bonds is 5. The van der Waals surface area contributed by atoms with E-state index in [0.29, 0.717) is 5.56 Å². The van der Waals surface area contributed by atoms with Crippen molar-refractivity contribution >= 4 is 5.65 Å². The molecule has 0 aliphatic heterocycles. The summed E-state index contributed by atoms with van der Waals surface area (Å²) in [6.45, 7) is 2.53. The number of ether oxygens (including phenoxy) is 2. The fraction of sp³-hybridized carbons (Fsp3) is 0.375. The molecular formula is C16H16F5N5O2. The molecule has 0 aromatic carbocycles. The quantitative estimate of drug-likeness (QED) is 0.601. The third kappa shape index (κ3) is 4.88. The van der Waals surface area contributed by atoms with Gasteiger partial charge in [0.2, 0.25) is 11.7 Å². The van der Waals surface area contributed by atoms with Crippen molar-refractivity contribution in [1.82, 2.24) is 24.6 Å². The van der Waals surface area contributed by atoms with Crippen LogP contribution in [0.15, 0.2) is 30.7 Å². The zero-order valence-corrected chi connectivity index (χ0v) is 15.0. The molecule has 12 heteroatoms. The molecule has 0 fully saturated rings. The number of pyridine rings is 1. The van der Waals surface area contributed by atoms with Gasteiger partial charge in [-0.15, -0.1) is 10.2 Å². The van der Waals surface area contributed by atoms with Crippen LogP contribution in [-0.2, 0) is 10.8 Å². The molecule has 0 saturated heterocycles. The van der Waals surface area contributed by atoms with E-state index in [1.807, 2.05) is 13.8 Å². The SMILES string of the molecule is CC.COC(F)(F)c1nnc2cnc(-c3ccc(OCC(F)(F)F)nc3)cn12. The van der Waals surface area contributed by atoms with Crippen LogP contribution in [0.3, 0.4) is 0 Å². The molecule has 0 radical (unpaired) electrons. The predicted octanol–water partition coefficient (Wildman–Crippen LogP) is 3.85. The molecule has 0 unspecified atom stereocenters. The van der Waals surface area contributed by atoms with E-state index in [4.69, 9.17) is 0 Å². The van der Waals surface area contributed by atoms with Crippen molar-refractivity contribution in [3.8, 4) is 17.1 Å². The van der Waals surface area contributed by atoms with Crippen molar-refractivity contribution < 1.29 is 31.4 Å². The van der Waals surface area contributed by atoms with Crippen LogP contribution in [0.1, 0.15) is 19.7 Å². The summed E-state index contributed by atoms with van der Waals surface area (Å²) in [5, 5.41) is 6.97. The van der Waals surface area contributed by atoms with Gasteiger partial charge in [-0.3, -0.25) is 9.38 Å². The van der Waals surface area contributed by atoms with Crippen molar-refractivity contribution in [3.63, 3.8) is 0 Å². The number of aromatic nitrogens is 5. The van der Waals surface area contributed by atoms with Crippen molar-refractivity contribution in [2.24, 2.45) is 0 Å². The van der Waals surface area contributed by atoms with Crippen LogP contribution in [0.25, 0.3) is 16.9 Å². The minimum Gasteiger partial charge on any atom is -0.468 e. The number of halogens is 5. The molecule has 152 valence electrons. The summed E-state index contributed by atoms with van der Waals surface area (Å²) in [6, 6.07) is 2.61. The zero-order valence-electron chi connectivity index (χ0n) is 15.0. The first kappa shape index (κ1) is 21.4. The molecule has 7 nitrogen and oxygen atoms in total. The summed E-state index contributed by atoms with van der Waals surface area (Å²) in [5.74, 6) is -0.972. The smallest absolute Gasteiger partial charge is 0.422 e. The molecule has 0 N–H and O–H groups in total. The first-order valence-electron chi connectivity index (χ1n) is 8.00. The number of alkyl halides is 5. The molecule has 3 rings (SSSR count). The summed E-state index contributed by atoms with van der Waals surface area (Å²) < 4.78 is 73.4. The Hall–Kier alpha value is -2.89. The van der Waals surface area contributed by atoms with Crippen LogP contribution in [0.2, 0.25) is 0 Å². The van der Waals surface area contributed by atoms with Crippen molar-refractivity contribution in [2.75, 3.05) is 13.7 Å². The molecule has 0 amide bonds. The van der Waals surface area contributed by atoms with Gasteiger partial charge in [-0.2, -0.15) is 22.0 Å². The number of hydrogen-bond acceptors (Lipinski definition) is 6. The fourth-order valence-electron chi connectivity index (χ4n) is 2.01. The molecule has 0 spiro atoms. The van der Waals surface area contributed by atoms with Crippen LogP contribution >= 0.6 is 0 Å². The standard InChI is InChI=1S/C14H10F5N5O2.C2H6/c1-25-14(18,19)12-23-22-10-5-20-9(6-24(10)12)8-2-3-11(21-4-8)26-7-13(15,16)17;1-2/h2-6H,7H2,1H3;1-2H3. The molecule has 0 aliphatic rings. The third-order valence-electron chi connectivity index (χ3n) is 3.23. The van der Waals surface area contributed by atoms with Crippen molar-refractivity contribution in [3.05, 3.63) is 36.5 Å². The number of hydrogen-bond donors (Lipinski definition) is 0. The highest BCUT2D eigenvalue weighted by Gasteiger charge is 2.37. The number of methoxy groups -OCH3 is 1. The zero-order chi connectivity index (χ0) is 20.9. The predicted molar refractivity (Wildman–Crippen MR) is 87.8 cm³/mol. The van der Waals surface area contributed by atoms with E-state index in [-0.39, 0.29) is 17.2 Å². The Morgan fingerprint density at radius 2 is 1.71 bits per heavy atom. The summed E-state index contributed by atoms with van der Waals surface area (Å²) in [7, 11) is 0.826. The minimum atomic E-state index is -4.48. The molecule has 3 heterocycles. The third-order valence-corrected chi connectivity index (χ3v) is 3.23. The van der Waals surface area contributed by atoms with Crippen molar-refractivity contribution in [2.45, 2.75) is 26.1 Å². The maximum absolute atomic E-state index is 13.7. The highest BCUT2D eigenvalue weighted by molar-refractivity contribution is 5.59. The topological polar surface area (TPSA) is 74.4 Å². The highest BCUT2D eigenvalue weighted by Crippen LogP contribution is 2.28. The summed E-state index contributed by atoms with van der Waals surface area (Å²) >= 11 is 0. The van der Waals surface area contributed by atoms with E-state index in [9.17, 15) is 22.0 Å². The van der Waals surface area contributed by atoms with E-state index >= 15 is 0 Å². The van der Waals surface area contributed by atoms with Gasteiger partial charge in [0.1, 0.15) is 0 Å². The van der Waals surface area contributed by atoms with E-state index < -0.39 is 24.7 Å². The molecule has 0 bridgehead atoms. The van der Waals surface area contributed by atoms with Gasteiger partial charge in [-0.25, -0.2) is 4.98 Å². The Labute approximate surface area is 156 Å². The van der Waals surface area contributed by atoms with Crippen LogP contribution in [0.4, 0.5) is 22.0 Å². The van der Waals surface area contributed by atoms with E-state index in [1.54, 1.807) is 0 Å². The Kier molecular flexibility index (Phi) is 6.44. The average molecular weight is 405 g/mol. The summed E-state index contributed by atoms with van der Waals surface area (Å²) in [5.41, 5.74) is 0.658. The molecule has 0 saturated carbocycles. The average Bonchev–Trinajstić information content (AvgIpc) is 3.12. The summed E-state index contributed by atoms with van der Waals surface area (Å²) in [6.07, 6.45) is -4.48. The minimum absolute atomic E-state index is 0.0681. The maximum atomic E-state index is 13.7. The monoisotopic (exact) mass is 405 g/mol. The molecular weight excluding hydrogens is 389 g/mol. The van der Waals surface area contributed by atoms with E-state index in [0.717, 1.165) is 11.5 Å². The van der Waals surface area contributed by atoms with Crippen molar-refractivity contribution in [1.29, 1.82) is 0 Å². The molecule has 0 atom stereocenters. The molecule has 28 heavy (non-hydrogen) atoms. The second-order valence-corrected chi connectivity index (χ2v) is 5.03. The van der Waals surface area contributed by atoms with Gasteiger partial charge in [0.15, 0.2) is 12.3 Å². The Morgan fingerprint density at radius 1 is 1.00 bits per heavy atom. The first-order valence-corrected chi connectivity index (χ1v) is 8.00. The Bertz CT molecular complexity index is 912. The van der Waals surface area contributed by atoms with Gasteiger partial charge in [0, 0.05) is 31.1 Å². The van der Waals surface area contributed by atoms with Crippen LogP contribution in [-0.4, -0.2) is 44.5 Å². The van der Waals surface area contributed by atoms with Gasteiger partial charge in [-0.05, 0) is 6.07 Å². The van der Waals surface area contributed by atoms with Gasteiger partial charge in [0.25, 0.3) is 0 Å². The van der Waals surface area contributed by atoms with Crippen LogP contribution in [0.5, 0.6) is 5.88 Å². The highest BCUT2D eigenvalue weighted by atomic mass is 19.4. The molecule has 0 aliphatic carbocycles. The van der Waals surface area contributed by atoms with Gasteiger partial charge >= 0.3 is 12.3 Å². The molecule has 3 aromatic heterocycles. The normalized spacial score (nSPS) is 11.9. The number of nitrogens with zero attached hydrogens (tertiary/aromatic N) is 5. The molecule has 3 aromatic rings. The largest absolute Gasteiger partial charge is 0.468 e. The number of fused-ring (bicyclic) bond motifs is 1. The first-order chi connectivity index (χ1) is 13.2. The van der Waals surface area contributed by atoms with Crippen LogP contribution < -0.4 is 4.74 Å². The van der Waals surface area contributed by atoms with Gasteiger partial charge < -0.3 is 9.47 Å². The second-order valence-electron chi connectivity index (χ2n) is 5.03. The van der Waals surface area contributed by atoms with Gasteiger partial charge in [0.05, 0.1) is 11.9 Å². The Morgan fingerprint density at radius 3 is 2.29 bits per heavy atom.